The zero-order valence-electron chi connectivity index (χ0n) is 10.8. The van der Waals surface area contributed by atoms with Crippen LogP contribution < -0.4 is 0 Å². The van der Waals surface area contributed by atoms with Gasteiger partial charge in [0.25, 0.3) is 0 Å². The Morgan fingerprint density at radius 2 is 2.00 bits per heavy atom. The van der Waals surface area contributed by atoms with Gasteiger partial charge < -0.3 is 5.11 Å². The van der Waals surface area contributed by atoms with Gasteiger partial charge in [-0.25, -0.2) is 13.5 Å². The Kier molecular flexibility index (Phi) is 3.73. The SMILES string of the molecule is CC(C(=O)O)C(C)n1nnnc1-c1ccc(F)c(F)c1. The summed E-state index contributed by atoms with van der Waals surface area (Å²) < 4.78 is 27.4. The lowest BCUT2D eigenvalue weighted by molar-refractivity contribution is -0.142. The molecule has 0 amide bonds. The Bertz CT molecular complexity index is 644. The lowest BCUT2D eigenvalue weighted by Crippen LogP contribution is -2.23. The summed E-state index contributed by atoms with van der Waals surface area (Å²) in [6, 6.07) is 2.73. The van der Waals surface area contributed by atoms with Gasteiger partial charge >= 0.3 is 5.97 Å². The molecule has 1 heterocycles. The van der Waals surface area contributed by atoms with Gasteiger partial charge in [-0.3, -0.25) is 4.79 Å². The van der Waals surface area contributed by atoms with Crippen molar-refractivity contribution in [3.05, 3.63) is 29.8 Å². The predicted molar refractivity (Wildman–Crippen MR) is 64.7 cm³/mol. The highest BCUT2D eigenvalue weighted by atomic mass is 19.2. The molecular formula is C12H12F2N4O2. The number of carbonyl (C=O) groups is 1. The van der Waals surface area contributed by atoms with Crippen molar-refractivity contribution in [2.45, 2.75) is 19.9 Å². The van der Waals surface area contributed by atoms with Crippen molar-refractivity contribution in [2.24, 2.45) is 5.92 Å². The van der Waals surface area contributed by atoms with Crippen LogP contribution in [0.3, 0.4) is 0 Å². The van der Waals surface area contributed by atoms with Crippen LogP contribution in [0.2, 0.25) is 0 Å². The van der Waals surface area contributed by atoms with Crippen LogP contribution in [-0.2, 0) is 4.79 Å². The van der Waals surface area contributed by atoms with Crippen LogP contribution in [-0.4, -0.2) is 31.3 Å². The van der Waals surface area contributed by atoms with E-state index in [4.69, 9.17) is 5.11 Å². The molecule has 0 saturated heterocycles. The summed E-state index contributed by atoms with van der Waals surface area (Å²) in [5, 5.41) is 19.9. The number of aromatic nitrogens is 4. The second-order valence-electron chi connectivity index (χ2n) is 4.44. The third-order valence-electron chi connectivity index (χ3n) is 3.17. The van der Waals surface area contributed by atoms with Crippen molar-refractivity contribution in [2.75, 3.05) is 0 Å². The van der Waals surface area contributed by atoms with Gasteiger partial charge in [0, 0.05) is 5.56 Å². The van der Waals surface area contributed by atoms with Crippen LogP contribution in [0.1, 0.15) is 19.9 Å². The van der Waals surface area contributed by atoms with E-state index >= 15 is 0 Å². The summed E-state index contributed by atoms with van der Waals surface area (Å²) in [4.78, 5) is 11.0. The fourth-order valence-corrected chi connectivity index (χ4v) is 1.71. The van der Waals surface area contributed by atoms with Gasteiger partial charge in [0.15, 0.2) is 17.5 Å². The van der Waals surface area contributed by atoms with Crippen molar-refractivity contribution in [3.8, 4) is 11.4 Å². The van der Waals surface area contributed by atoms with E-state index in [1.54, 1.807) is 6.92 Å². The largest absolute Gasteiger partial charge is 0.481 e. The second-order valence-corrected chi connectivity index (χ2v) is 4.44. The summed E-state index contributed by atoms with van der Waals surface area (Å²) in [7, 11) is 0. The Balaban J connectivity index is 2.42. The van der Waals surface area contributed by atoms with Crippen LogP contribution in [0.4, 0.5) is 8.78 Å². The zero-order chi connectivity index (χ0) is 14.9. The summed E-state index contributed by atoms with van der Waals surface area (Å²) >= 11 is 0. The zero-order valence-corrected chi connectivity index (χ0v) is 10.8. The molecule has 0 spiro atoms. The number of hydrogen-bond donors (Lipinski definition) is 1. The van der Waals surface area contributed by atoms with Crippen LogP contribution in [0.15, 0.2) is 18.2 Å². The first-order chi connectivity index (χ1) is 9.41. The van der Waals surface area contributed by atoms with Crippen molar-refractivity contribution in [1.82, 2.24) is 20.2 Å². The van der Waals surface area contributed by atoms with Gasteiger partial charge in [0.1, 0.15) is 0 Å². The Morgan fingerprint density at radius 1 is 1.30 bits per heavy atom. The van der Waals surface area contributed by atoms with E-state index in [1.165, 1.54) is 17.7 Å². The first-order valence-electron chi connectivity index (χ1n) is 5.88. The minimum Gasteiger partial charge on any atom is -0.481 e. The number of halogens is 2. The summed E-state index contributed by atoms with van der Waals surface area (Å²) in [6.45, 7) is 3.15. The van der Waals surface area contributed by atoms with E-state index in [2.05, 4.69) is 15.5 Å². The lowest BCUT2D eigenvalue weighted by atomic mass is 10.0. The van der Waals surface area contributed by atoms with E-state index in [-0.39, 0.29) is 11.4 Å². The van der Waals surface area contributed by atoms with Gasteiger partial charge in [-0.15, -0.1) is 5.10 Å². The number of carboxylic acids is 1. The maximum atomic E-state index is 13.2. The Morgan fingerprint density at radius 3 is 2.60 bits per heavy atom. The minimum absolute atomic E-state index is 0.185. The maximum absolute atomic E-state index is 13.2. The highest BCUT2D eigenvalue weighted by Crippen LogP contribution is 2.24. The molecule has 2 unspecified atom stereocenters. The highest BCUT2D eigenvalue weighted by molar-refractivity contribution is 5.70. The number of nitrogens with zero attached hydrogens (tertiary/aromatic N) is 4. The fraction of sp³-hybridized carbons (Fsp3) is 0.333. The summed E-state index contributed by atoms with van der Waals surface area (Å²) in [6.07, 6.45) is 0. The molecule has 0 saturated carbocycles. The van der Waals surface area contributed by atoms with Crippen LogP contribution >= 0.6 is 0 Å². The molecule has 0 bridgehead atoms. The molecule has 0 radical (unpaired) electrons. The molecule has 1 N–H and O–H groups in total. The summed E-state index contributed by atoms with van der Waals surface area (Å²) in [5.74, 6) is -3.54. The molecule has 0 aliphatic rings. The number of tetrazole rings is 1. The van der Waals surface area contributed by atoms with Gasteiger partial charge in [-0.1, -0.05) is 0 Å². The van der Waals surface area contributed by atoms with E-state index < -0.39 is 29.6 Å². The highest BCUT2D eigenvalue weighted by Gasteiger charge is 2.25. The molecule has 6 nitrogen and oxygen atoms in total. The number of rotatable bonds is 4. The van der Waals surface area contributed by atoms with Crippen molar-refractivity contribution < 1.29 is 18.7 Å². The standard InChI is InChI=1S/C12H12F2N4O2/c1-6(12(19)20)7(2)18-11(15-16-17-18)8-3-4-9(13)10(14)5-8/h3-7H,1-2H3,(H,19,20). The first kappa shape index (κ1) is 14.0. The molecule has 0 aliphatic heterocycles. The predicted octanol–water partition coefficient (Wildman–Crippen LogP) is 1.90. The average Bonchev–Trinajstić information content (AvgIpc) is 2.89. The number of aliphatic carboxylic acids is 1. The van der Waals surface area contributed by atoms with Crippen LogP contribution in [0.25, 0.3) is 11.4 Å². The third-order valence-corrected chi connectivity index (χ3v) is 3.17. The topological polar surface area (TPSA) is 80.9 Å². The quantitative estimate of drug-likeness (QED) is 0.926. The molecule has 0 fully saturated rings. The fourth-order valence-electron chi connectivity index (χ4n) is 1.71. The number of hydrogen-bond acceptors (Lipinski definition) is 4. The van der Waals surface area contributed by atoms with Gasteiger partial charge in [-0.2, -0.15) is 0 Å². The van der Waals surface area contributed by atoms with Crippen molar-refractivity contribution in [1.29, 1.82) is 0 Å². The van der Waals surface area contributed by atoms with Crippen LogP contribution in [0.5, 0.6) is 0 Å². The molecule has 20 heavy (non-hydrogen) atoms. The molecule has 2 rings (SSSR count). The monoisotopic (exact) mass is 282 g/mol. The normalized spacial score (nSPS) is 14.0. The Hall–Kier alpha value is -2.38. The van der Waals surface area contributed by atoms with Crippen molar-refractivity contribution >= 4 is 5.97 Å². The Labute approximate surface area is 113 Å². The van der Waals surface area contributed by atoms with Crippen LogP contribution in [0, 0.1) is 17.6 Å². The minimum atomic E-state index is -1.02. The lowest BCUT2D eigenvalue weighted by Gasteiger charge is -2.17. The van der Waals surface area contributed by atoms with E-state index in [0.717, 1.165) is 12.1 Å². The van der Waals surface area contributed by atoms with E-state index in [9.17, 15) is 13.6 Å². The molecule has 2 aromatic rings. The van der Waals surface area contributed by atoms with Gasteiger partial charge in [0.2, 0.25) is 0 Å². The summed E-state index contributed by atoms with van der Waals surface area (Å²) in [5.41, 5.74) is 0.276. The average molecular weight is 282 g/mol. The van der Waals surface area contributed by atoms with Gasteiger partial charge in [0.05, 0.1) is 12.0 Å². The van der Waals surface area contributed by atoms with Crippen molar-refractivity contribution in [3.63, 3.8) is 0 Å². The second kappa shape index (κ2) is 5.32. The third kappa shape index (κ3) is 2.49. The molecule has 2 atom stereocenters. The van der Waals surface area contributed by atoms with E-state index in [1.807, 2.05) is 0 Å². The van der Waals surface area contributed by atoms with E-state index in [0.29, 0.717) is 0 Å². The maximum Gasteiger partial charge on any atom is 0.308 e. The smallest absolute Gasteiger partial charge is 0.308 e. The number of benzene rings is 1. The van der Waals surface area contributed by atoms with Gasteiger partial charge in [-0.05, 0) is 42.5 Å². The molecular weight excluding hydrogens is 270 g/mol. The molecule has 1 aromatic carbocycles. The molecule has 0 aliphatic carbocycles. The first-order valence-corrected chi connectivity index (χ1v) is 5.88. The molecule has 1 aromatic heterocycles. The molecule has 106 valence electrons. The number of carboxylic acid groups (broad SMARTS) is 1. The molecule has 8 heteroatoms.